The van der Waals surface area contributed by atoms with E-state index in [1.807, 2.05) is 12.3 Å². The molecule has 88 valence electrons. The Labute approximate surface area is 96.2 Å². The van der Waals surface area contributed by atoms with Crippen molar-refractivity contribution in [2.45, 2.75) is 38.5 Å². The van der Waals surface area contributed by atoms with Crippen LogP contribution in [0.3, 0.4) is 0 Å². The van der Waals surface area contributed by atoms with Crippen LogP contribution >= 0.6 is 0 Å². The van der Waals surface area contributed by atoms with Crippen LogP contribution in [0.15, 0.2) is 12.3 Å². The van der Waals surface area contributed by atoms with E-state index in [-0.39, 0.29) is 5.97 Å². The third-order valence-corrected chi connectivity index (χ3v) is 3.40. The van der Waals surface area contributed by atoms with Gasteiger partial charge in [0.15, 0.2) is 0 Å². The van der Waals surface area contributed by atoms with Crippen molar-refractivity contribution in [2.24, 2.45) is 5.92 Å². The number of carbonyl (C=O) groups is 1. The SMILES string of the molecule is COC(=O)c1cc(CC2CCCCC2)c[nH]1. The average Bonchev–Trinajstić information content (AvgIpc) is 2.78. The van der Waals surface area contributed by atoms with Crippen LogP contribution in [-0.2, 0) is 11.2 Å². The Bertz CT molecular complexity index is 351. The van der Waals surface area contributed by atoms with Crippen LogP contribution in [-0.4, -0.2) is 18.1 Å². The van der Waals surface area contributed by atoms with Crippen LogP contribution < -0.4 is 0 Å². The van der Waals surface area contributed by atoms with Crippen molar-refractivity contribution in [3.63, 3.8) is 0 Å². The molecule has 1 aromatic rings. The van der Waals surface area contributed by atoms with Gasteiger partial charge in [0.2, 0.25) is 0 Å². The Morgan fingerprint density at radius 3 is 2.88 bits per heavy atom. The number of aromatic nitrogens is 1. The number of rotatable bonds is 3. The molecule has 0 atom stereocenters. The van der Waals surface area contributed by atoms with Gasteiger partial charge in [-0.25, -0.2) is 4.79 Å². The highest BCUT2D eigenvalue weighted by molar-refractivity contribution is 5.87. The van der Waals surface area contributed by atoms with Gasteiger partial charge in [-0.15, -0.1) is 0 Å². The first-order chi connectivity index (χ1) is 7.79. The lowest BCUT2D eigenvalue weighted by atomic mass is 9.85. The first kappa shape index (κ1) is 11.2. The van der Waals surface area contributed by atoms with Gasteiger partial charge in [-0.2, -0.15) is 0 Å². The second-order valence-electron chi connectivity index (χ2n) is 4.62. The fourth-order valence-corrected chi connectivity index (χ4v) is 2.51. The average molecular weight is 221 g/mol. The van der Waals surface area contributed by atoms with E-state index in [0.29, 0.717) is 5.69 Å². The Hall–Kier alpha value is -1.25. The van der Waals surface area contributed by atoms with Crippen LogP contribution in [0.2, 0.25) is 0 Å². The van der Waals surface area contributed by atoms with E-state index in [2.05, 4.69) is 9.72 Å². The van der Waals surface area contributed by atoms with Crippen molar-refractivity contribution < 1.29 is 9.53 Å². The van der Waals surface area contributed by atoms with Crippen molar-refractivity contribution >= 4 is 5.97 Å². The predicted octanol–water partition coefficient (Wildman–Crippen LogP) is 2.92. The minimum absolute atomic E-state index is 0.283. The number of carbonyl (C=O) groups excluding carboxylic acids is 1. The first-order valence-electron chi connectivity index (χ1n) is 6.05. The van der Waals surface area contributed by atoms with E-state index in [1.54, 1.807) is 0 Å². The number of H-pyrrole nitrogens is 1. The number of nitrogens with one attached hydrogen (secondary N) is 1. The minimum Gasteiger partial charge on any atom is -0.464 e. The van der Waals surface area contributed by atoms with E-state index in [9.17, 15) is 4.79 Å². The van der Waals surface area contributed by atoms with Gasteiger partial charge in [0.25, 0.3) is 0 Å². The summed E-state index contributed by atoms with van der Waals surface area (Å²) in [6.45, 7) is 0. The standard InChI is InChI=1S/C13H19NO2/c1-16-13(15)12-8-11(9-14-12)7-10-5-3-2-4-6-10/h8-10,14H,2-7H2,1H3. The van der Waals surface area contributed by atoms with Gasteiger partial charge in [0, 0.05) is 6.20 Å². The summed E-state index contributed by atoms with van der Waals surface area (Å²) in [5, 5.41) is 0. The zero-order chi connectivity index (χ0) is 11.4. The number of esters is 1. The highest BCUT2D eigenvalue weighted by atomic mass is 16.5. The molecule has 0 bridgehead atoms. The van der Waals surface area contributed by atoms with Crippen LogP contribution in [0, 0.1) is 5.92 Å². The van der Waals surface area contributed by atoms with Gasteiger partial charge >= 0.3 is 5.97 Å². The van der Waals surface area contributed by atoms with Crippen LogP contribution in [0.1, 0.15) is 48.2 Å². The summed E-state index contributed by atoms with van der Waals surface area (Å²) in [6.07, 6.45) is 9.79. The van der Waals surface area contributed by atoms with Gasteiger partial charge in [0.05, 0.1) is 7.11 Å². The molecule has 0 aromatic carbocycles. The maximum atomic E-state index is 11.3. The molecule has 1 saturated carbocycles. The zero-order valence-corrected chi connectivity index (χ0v) is 9.79. The highest BCUT2D eigenvalue weighted by Gasteiger charge is 2.15. The highest BCUT2D eigenvalue weighted by Crippen LogP contribution is 2.26. The van der Waals surface area contributed by atoms with Gasteiger partial charge in [-0.1, -0.05) is 32.1 Å². The summed E-state index contributed by atoms with van der Waals surface area (Å²) in [7, 11) is 1.41. The van der Waals surface area contributed by atoms with Gasteiger partial charge in [-0.3, -0.25) is 0 Å². The molecule has 0 aliphatic heterocycles. The molecule has 0 radical (unpaired) electrons. The van der Waals surface area contributed by atoms with E-state index in [1.165, 1.54) is 44.8 Å². The second kappa shape index (κ2) is 5.19. The van der Waals surface area contributed by atoms with Crippen LogP contribution in [0.5, 0.6) is 0 Å². The number of methoxy groups -OCH3 is 1. The molecule has 1 aromatic heterocycles. The Morgan fingerprint density at radius 1 is 1.44 bits per heavy atom. The third kappa shape index (κ3) is 2.65. The fourth-order valence-electron chi connectivity index (χ4n) is 2.51. The van der Waals surface area contributed by atoms with E-state index in [4.69, 9.17) is 0 Å². The van der Waals surface area contributed by atoms with Gasteiger partial charge in [0.1, 0.15) is 5.69 Å². The van der Waals surface area contributed by atoms with Crippen molar-refractivity contribution in [3.8, 4) is 0 Å². The topological polar surface area (TPSA) is 42.1 Å². The van der Waals surface area contributed by atoms with Gasteiger partial charge in [-0.05, 0) is 24.0 Å². The summed E-state index contributed by atoms with van der Waals surface area (Å²) in [6, 6.07) is 1.92. The van der Waals surface area contributed by atoms with Crippen molar-refractivity contribution in [1.82, 2.24) is 4.98 Å². The molecule has 1 fully saturated rings. The first-order valence-corrected chi connectivity index (χ1v) is 6.05. The summed E-state index contributed by atoms with van der Waals surface area (Å²) < 4.78 is 4.67. The summed E-state index contributed by atoms with van der Waals surface area (Å²) in [5.41, 5.74) is 1.79. The zero-order valence-electron chi connectivity index (χ0n) is 9.79. The molecule has 3 heteroatoms. The molecule has 1 aliphatic carbocycles. The lowest BCUT2D eigenvalue weighted by Gasteiger charge is -2.20. The summed E-state index contributed by atoms with van der Waals surface area (Å²) >= 11 is 0. The smallest absolute Gasteiger partial charge is 0.354 e. The third-order valence-electron chi connectivity index (χ3n) is 3.40. The molecule has 0 saturated heterocycles. The van der Waals surface area contributed by atoms with E-state index >= 15 is 0 Å². The Kier molecular flexibility index (Phi) is 3.65. The lowest BCUT2D eigenvalue weighted by molar-refractivity contribution is 0.0595. The quantitative estimate of drug-likeness (QED) is 0.797. The van der Waals surface area contributed by atoms with Crippen molar-refractivity contribution in [1.29, 1.82) is 0 Å². The molecular formula is C13H19NO2. The molecule has 16 heavy (non-hydrogen) atoms. The normalized spacial score (nSPS) is 17.3. The lowest BCUT2D eigenvalue weighted by Crippen LogP contribution is -2.08. The molecule has 1 N–H and O–H groups in total. The Balaban J connectivity index is 1.94. The van der Waals surface area contributed by atoms with Crippen LogP contribution in [0.25, 0.3) is 0 Å². The number of hydrogen-bond donors (Lipinski definition) is 1. The maximum Gasteiger partial charge on any atom is 0.354 e. The Morgan fingerprint density at radius 2 is 2.19 bits per heavy atom. The van der Waals surface area contributed by atoms with Crippen molar-refractivity contribution in [2.75, 3.05) is 7.11 Å². The predicted molar refractivity (Wildman–Crippen MR) is 62.4 cm³/mol. The van der Waals surface area contributed by atoms with Crippen molar-refractivity contribution in [3.05, 3.63) is 23.5 Å². The van der Waals surface area contributed by atoms with Crippen LogP contribution in [0.4, 0.5) is 0 Å². The molecule has 1 heterocycles. The van der Waals surface area contributed by atoms with Gasteiger partial charge < -0.3 is 9.72 Å². The monoisotopic (exact) mass is 221 g/mol. The number of hydrogen-bond acceptors (Lipinski definition) is 2. The number of aromatic amines is 1. The summed E-state index contributed by atoms with van der Waals surface area (Å²) in [5.74, 6) is 0.518. The van der Waals surface area contributed by atoms with E-state index in [0.717, 1.165) is 12.3 Å². The molecule has 0 unspecified atom stereocenters. The maximum absolute atomic E-state index is 11.3. The second-order valence-corrected chi connectivity index (χ2v) is 4.62. The molecule has 2 rings (SSSR count). The molecule has 1 aliphatic rings. The largest absolute Gasteiger partial charge is 0.464 e. The molecular weight excluding hydrogens is 202 g/mol. The number of ether oxygens (including phenoxy) is 1. The molecule has 0 spiro atoms. The molecule has 0 amide bonds. The molecule has 3 nitrogen and oxygen atoms in total. The summed E-state index contributed by atoms with van der Waals surface area (Å²) in [4.78, 5) is 14.2. The fraction of sp³-hybridized carbons (Fsp3) is 0.615. The minimum atomic E-state index is -0.283. The van der Waals surface area contributed by atoms with E-state index < -0.39 is 0 Å².